The van der Waals surface area contributed by atoms with Gasteiger partial charge in [0.2, 0.25) is 5.91 Å². The number of anilines is 1. The summed E-state index contributed by atoms with van der Waals surface area (Å²) in [7, 11) is 0. The highest BCUT2D eigenvalue weighted by Gasteiger charge is 2.15. The first-order chi connectivity index (χ1) is 13.3. The van der Waals surface area contributed by atoms with Crippen LogP contribution in [0.2, 0.25) is 5.02 Å². The molecule has 8 heteroatoms. The standard InChI is InChI=1S/C20H23ClN4O2S/c1-12(2)8-9-25-19(27)18-16(10-13(3)22-18)24-20(25)28-11-17(26)23-15-6-4-14(21)5-7-15/h4-7,10,12,22H,8-9,11H2,1-3H3,(H,23,26). The van der Waals surface area contributed by atoms with E-state index in [0.29, 0.717) is 39.4 Å². The molecule has 0 saturated carbocycles. The Bertz CT molecular complexity index is 1040. The number of aryl methyl sites for hydroxylation is 1. The van der Waals surface area contributed by atoms with Crippen molar-refractivity contribution in [1.29, 1.82) is 0 Å². The molecule has 2 aromatic heterocycles. The van der Waals surface area contributed by atoms with Gasteiger partial charge in [-0.15, -0.1) is 0 Å². The number of rotatable bonds is 7. The molecule has 2 heterocycles. The summed E-state index contributed by atoms with van der Waals surface area (Å²) >= 11 is 7.13. The molecule has 0 fully saturated rings. The van der Waals surface area contributed by atoms with Crippen LogP contribution in [-0.2, 0) is 11.3 Å². The zero-order chi connectivity index (χ0) is 20.3. The third-order valence-electron chi connectivity index (χ3n) is 4.23. The fourth-order valence-corrected chi connectivity index (χ4v) is 3.72. The number of halogens is 1. The van der Waals surface area contributed by atoms with Crippen molar-refractivity contribution in [3.8, 4) is 0 Å². The van der Waals surface area contributed by atoms with E-state index >= 15 is 0 Å². The molecule has 1 amide bonds. The summed E-state index contributed by atoms with van der Waals surface area (Å²) in [6.45, 7) is 6.69. The van der Waals surface area contributed by atoms with Gasteiger partial charge in [-0.3, -0.25) is 14.2 Å². The molecule has 0 spiro atoms. The summed E-state index contributed by atoms with van der Waals surface area (Å²) in [6, 6.07) is 8.78. The van der Waals surface area contributed by atoms with Gasteiger partial charge in [0.15, 0.2) is 5.16 Å². The molecule has 3 rings (SSSR count). The zero-order valence-corrected chi connectivity index (χ0v) is 17.7. The molecule has 3 aromatic rings. The number of fused-ring (bicyclic) bond motifs is 1. The Hall–Kier alpha value is -2.25. The van der Waals surface area contributed by atoms with Crippen LogP contribution in [0, 0.1) is 12.8 Å². The van der Waals surface area contributed by atoms with Crippen LogP contribution >= 0.6 is 23.4 Å². The van der Waals surface area contributed by atoms with Gasteiger partial charge < -0.3 is 10.3 Å². The maximum Gasteiger partial charge on any atom is 0.278 e. The molecule has 0 aliphatic carbocycles. The molecule has 0 unspecified atom stereocenters. The first kappa shape index (κ1) is 20.5. The van der Waals surface area contributed by atoms with Gasteiger partial charge >= 0.3 is 0 Å². The van der Waals surface area contributed by atoms with Crippen LogP contribution in [-0.4, -0.2) is 26.2 Å². The van der Waals surface area contributed by atoms with Crippen LogP contribution in [0.5, 0.6) is 0 Å². The number of nitrogens with zero attached hydrogens (tertiary/aromatic N) is 2. The fourth-order valence-electron chi connectivity index (χ4n) is 2.77. The summed E-state index contributed by atoms with van der Waals surface area (Å²) in [5.41, 5.74) is 2.61. The Labute approximate surface area is 172 Å². The highest BCUT2D eigenvalue weighted by molar-refractivity contribution is 7.99. The number of carbonyl (C=O) groups excluding carboxylic acids is 1. The van der Waals surface area contributed by atoms with E-state index in [1.165, 1.54) is 11.8 Å². The summed E-state index contributed by atoms with van der Waals surface area (Å²) in [5.74, 6) is 0.451. The number of benzene rings is 1. The minimum Gasteiger partial charge on any atom is -0.353 e. The number of nitrogens with one attached hydrogen (secondary N) is 2. The van der Waals surface area contributed by atoms with Crippen LogP contribution < -0.4 is 10.9 Å². The predicted molar refractivity (Wildman–Crippen MR) is 115 cm³/mol. The monoisotopic (exact) mass is 418 g/mol. The van der Waals surface area contributed by atoms with Crippen LogP contribution in [0.25, 0.3) is 11.0 Å². The van der Waals surface area contributed by atoms with Gasteiger partial charge in [0.25, 0.3) is 5.56 Å². The molecule has 1 aromatic carbocycles. The zero-order valence-electron chi connectivity index (χ0n) is 16.1. The molecule has 0 bridgehead atoms. The predicted octanol–water partition coefficient (Wildman–Crippen LogP) is 4.46. The van der Waals surface area contributed by atoms with Crippen molar-refractivity contribution >= 4 is 46.0 Å². The van der Waals surface area contributed by atoms with Crippen LogP contribution in [0.1, 0.15) is 26.0 Å². The second-order valence-electron chi connectivity index (χ2n) is 7.09. The van der Waals surface area contributed by atoms with E-state index in [4.69, 9.17) is 11.6 Å². The lowest BCUT2D eigenvalue weighted by molar-refractivity contribution is -0.113. The van der Waals surface area contributed by atoms with Crippen molar-refractivity contribution < 1.29 is 4.79 Å². The average molecular weight is 419 g/mol. The molecule has 0 aliphatic heterocycles. The van der Waals surface area contributed by atoms with Crippen molar-refractivity contribution in [3.63, 3.8) is 0 Å². The topological polar surface area (TPSA) is 79.8 Å². The number of aromatic nitrogens is 3. The summed E-state index contributed by atoms with van der Waals surface area (Å²) in [5, 5.41) is 4.00. The average Bonchev–Trinajstić information content (AvgIpc) is 3.02. The Balaban J connectivity index is 1.80. The molecule has 148 valence electrons. The summed E-state index contributed by atoms with van der Waals surface area (Å²) in [4.78, 5) is 32.9. The largest absolute Gasteiger partial charge is 0.353 e. The van der Waals surface area contributed by atoms with Crippen molar-refractivity contribution in [2.24, 2.45) is 5.92 Å². The Morgan fingerprint density at radius 2 is 2.04 bits per heavy atom. The van der Waals surface area contributed by atoms with E-state index < -0.39 is 0 Å². The molecular formula is C20H23ClN4O2S. The molecule has 0 atom stereocenters. The van der Waals surface area contributed by atoms with E-state index in [2.05, 4.69) is 29.1 Å². The fraction of sp³-hybridized carbons (Fsp3) is 0.350. The van der Waals surface area contributed by atoms with Gasteiger partial charge in [0.1, 0.15) is 5.52 Å². The highest BCUT2D eigenvalue weighted by Crippen LogP contribution is 2.20. The van der Waals surface area contributed by atoms with E-state index in [-0.39, 0.29) is 17.2 Å². The Morgan fingerprint density at radius 3 is 2.71 bits per heavy atom. The van der Waals surface area contributed by atoms with E-state index in [0.717, 1.165) is 12.1 Å². The van der Waals surface area contributed by atoms with Gasteiger partial charge in [0.05, 0.1) is 11.3 Å². The molecular weight excluding hydrogens is 396 g/mol. The maximum absolute atomic E-state index is 12.9. The van der Waals surface area contributed by atoms with Crippen LogP contribution in [0.3, 0.4) is 0 Å². The number of hydrogen-bond acceptors (Lipinski definition) is 4. The third kappa shape index (κ3) is 4.97. The molecule has 0 aliphatic rings. The van der Waals surface area contributed by atoms with Crippen molar-refractivity contribution in [2.75, 3.05) is 11.1 Å². The molecule has 2 N–H and O–H groups in total. The van der Waals surface area contributed by atoms with Crippen LogP contribution in [0.4, 0.5) is 5.69 Å². The quantitative estimate of drug-likeness (QED) is 0.438. The third-order valence-corrected chi connectivity index (χ3v) is 5.46. The minimum absolute atomic E-state index is 0.0978. The van der Waals surface area contributed by atoms with Crippen LogP contribution in [0.15, 0.2) is 40.3 Å². The summed E-state index contributed by atoms with van der Waals surface area (Å²) < 4.78 is 1.67. The number of amides is 1. The van der Waals surface area contributed by atoms with Gasteiger partial charge in [0, 0.05) is 22.9 Å². The Morgan fingerprint density at radius 1 is 1.32 bits per heavy atom. The normalized spacial score (nSPS) is 11.3. The first-order valence-electron chi connectivity index (χ1n) is 9.12. The molecule has 0 saturated heterocycles. The summed E-state index contributed by atoms with van der Waals surface area (Å²) in [6.07, 6.45) is 0.858. The number of hydrogen-bond donors (Lipinski definition) is 2. The van der Waals surface area contributed by atoms with Gasteiger partial charge in [-0.05, 0) is 49.6 Å². The Kier molecular flexibility index (Phi) is 6.46. The smallest absolute Gasteiger partial charge is 0.278 e. The van der Waals surface area contributed by atoms with E-state index in [1.54, 1.807) is 28.8 Å². The highest BCUT2D eigenvalue weighted by atomic mass is 35.5. The number of thioether (sulfide) groups is 1. The van der Waals surface area contributed by atoms with Gasteiger partial charge in [-0.1, -0.05) is 37.2 Å². The van der Waals surface area contributed by atoms with Crippen molar-refractivity contribution in [3.05, 3.63) is 51.4 Å². The molecule has 0 radical (unpaired) electrons. The van der Waals surface area contributed by atoms with Gasteiger partial charge in [-0.25, -0.2) is 4.98 Å². The van der Waals surface area contributed by atoms with Gasteiger partial charge in [-0.2, -0.15) is 0 Å². The number of H-pyrrole nitrogens is 1. The number of carbonyl (C=O) groups is 1. The SMILES string of the molecule is Cc1cc2nc(SCC(=O)Nc3ccc(Cl)cc3)n(CCC(C)C)c(=O)c2[nH]1. The lowest BCUT2D eigenvalue weighted by Crippen LogP contribution is -2.25. The molecule has 6 nitrogen and oxygen atoms in total. The lowest BCUT2D eigenvalue weighted by atomic mass is 10.1. The lowest BCUT2D eigenvalue weighted by Gasteiger charge is -2.13. The molecule has 28 heavy (non-hydrogen) atoms. The number of aromatic amines is 1. The minimum atomic E-state index is -0.165. The van der Waals surface area contributed by atoms with E-state index in [9.17, 15) is 9.59 Å². The van der Waals surface area contributed by atoms with Crippen molar-refractivity contribution in [2.45, 2.75) is 38.9 Å². The second-order valence-corrected chi connectivity index (χ2v) is 8.47. The maximum atomic E-state index is 12.9. The first-order valence-corrected chi connectivity index (χ1v) is 10.5. The second kappa shape index (κ2) is 8.84. The van der Waals surface area contributed by atoms with Crippen molar-refractivity contribution in [1.82, 2.24) is 14.5 Å². The van der Waals surface area contributed by atoms with E-state index in [1.807, 2.05) is 13.0 Å².